The molecule has 12 heteroatoms. The number of hydrogen-bond donors (Lipinski definition) is 1. The van der Waals surface area contributed by atoms with Gasteiger partial charge in [0.1, 0.15) is 5.69 Å². The van der Waals surface area contributed by atoms with Crippen molar-refractivity contribution in [2.24, 2.45) is 0 Å². The molecule has 2 aromatic rings. The summed E-state index contributed by atoms with van der Waals surface area (Å²) in [5.41, 5.74) is -0.424. The largest absolute Gasteiger partial charge is 0.382 e. The Morgan fingerprint density at radius 1 is 0.889 bits per heavy atom. The highest BCUT2D eigenvalue weighted by Crippen LogP contribution is 2.40. The number of hydrogen-bond acceptors (Lipinski definition) is 7. The maximum absolute atomic E-state index is 11.5. The van der Waals surface area contributed by atoms with Gasteiger partial charge in [0.25, 0.3) is 17.1 Å². The van der Waals surface area contributed by atoms with Crippen LogP contribution in [0.5, 0.6) is 0 Å². The second-order valence-corrected chi connectivity index (χ2v) is 6.29. The lowest BCUT2D eigenvalue weighted by molar-refractivity contribution is -0.394. The van der Waals surface area contributed by atoms with Crippen LogP contribution < -0.4 is 5.32 Å². The summed E-state index contributed by atoms with van der Waals surface area (Å²) in [6, 6.07) is 3.05. The third-order valence-corrected chi connectivity index (χ3v) is 4.67. The predicted molar refractivity (Wildman–Crippen MR) is 100.0 cm³/mol. The zero-order chi connectivity index (χ0) is 20.5. The Morgan fingerprint density at radius 3 is 1.81 bits per heavy atom. The molecular weight excluding hydrogens is 403 g/mol. The molecule has 27 heavy (non-hydrogen) atoms. The second-order valence-electron chi connectivity index (χ2n) is 5.48. The first-order valence-electron chi connectivity index (χ1n) is 7.33. The molecule has 0 saturated heterocycles. The van der Waals surface area contributed by atoms with E-state index in [1.165, 1.54) is 14.0 Å². The molecule has 0 fully saturated rings. The van der Waals surface area contributed by atoms with Gasteiger partial charge in [-0.2, -0.15) is 0 Å². The van der Waals surface area contributed by atoms with Gasteiger partial charge in [-0.25, -0.2) is 0 Å². The Labute approximate surface area is 162 Å². The van der Waals surface area contributed by atoms with Crippen molar-refractivity contribution in [2.45, 2.75) is 13.3 Å². The highest BCUT2D eigenvalue weighted by atomic mass is 35.5. The van der Waals surface area contributed by atoms with E-state index in [1.54, 1.807) is 0 Å². The summed E-state index contributed by atoms with van der Waals surface area (Å²) >= 11 is 12.2. The van der Waals surface area contributed by atoms with Crippen molar-refractivity contribution in [1.29, 1.82) is 0 Å². The topological polar surface area (TPSA) is 141 Å². The van der Waals surface area contributed by atoms with Crippen molar-refractivity contribution in [3.05, 3.63) is 75.3 Å². The maximum Gasteiger partial charge on any atom is 0.299 e. The lowest BCUT2D eigenvalue weighted by Crippen LogP contribution is -2.07. The molecule has 0 atom stereocenters. The first kappa shape index (κ1) is 20.3. The van der Waals surface area contributed by atoms with E-state index in [2.05, 4.69) is 5.32 Å². The Morgan fingerprint density at radius 2 is 1.41 bits per heavy atom. The highest BCUT2D eigenvalue weighted by Gasteiger charge is 2.28. The van der Waals surface area contributed by atoms with E-state index in [9.17, 15) is 30.3 Å². The highest BCUT2D eigenvalue weighted by molar-refractivity contribution is 6.36. The van der Waals surface area contributed by atoms with Gasteiger partial charge in [0.2, 0.25) is 0 Å². The Kier molecular flexibility index (Phi) is 5.82. The van der Waals surface area contributed by atoms with Crippen molar-refractivity contribution in [3.8, 4) is 0 Å². The van der Waals surface area contributed by atoms with Gasteiger partial charge in [0, 0.05) is 31.2 Å². The van der Waals surface area contributed by atoms with Crippen LogP contribution in [0.15, 0.2) is 18.2 Å². The summed E-state index contributed by atoms with van der Waals surface area (Å²) < 4.78 is 0. The molecule has 0 amide bonds. The molecule has 0 aliphatic heterocycles. The fourth-order valence-corrected chi connectivity index (χ4v) is 3.32. The maximum atomic E-state index is 11.5. The lowest BCUT2D eigenvalue weighted by Gasteiger charge is -2.14. The smallest absolute Gasteiger partial charge is 0.299 e. The van der Waals surface area contributed by atoms with Crippen molar-refractivity contribution in [2.75, 3.05) is 12.4 Å². The number of nitro benzene ring substituents is 3. The standard InChI is InChI=1S/C15H12Cl2N4O6/c1-7-9(5-10-11(16)3-8(19(22)23)4-12(10)17)13(20(24)25)6-14(21(26)27)15(7)18-2/h3-4,6,18H,5H2,1-2H3. The molecule has 142 valence electrons. The molecule has 0 saturated carbocycles. The molecule has 0 bridgehead atoms. The van der Waals surface area contributed by atoms with Crippen LogP contribution in [0.1, 0.15) is 16.7 Å². The summed E-state index contributed by atoms with van der Waals surface area (Å²) in [7, 11) is 1.46. The second kappa shape index (κ2) is 7.72. The van der Waals surface area contributed by atoms with Crippen LogP contribution in [0.25, 0.3) is 0 Å². The number of nitro groups is 3. The van der Waals surface area contributed by atoms with E-state index < -0.39 is 26.1 Å². The molecule has 2 aromatic carbocycles. The number of nitrogens with one attached hydrogen (secondary N) is 1. The van der Waals surface area contributed by atoms with Crippen molar-refractivity contribution < 1.29 is 14.8 Å². The molecule has 0 spiro atoms. The zero-order valence-electron chi connectivity index (χ0n) is 14.0. The van der Waals surface area contributed by atoms with Gasteiger partial charge in [-0.3, -0.25) is 30.3 Å². The quantitative estimate of drug-likeness (QED) is 0.534. The van der Waals surface area contributed by atoms with E-state index in [4.69, 9.17) is 23.2 Å². The van der Waals surface area contributed by atoms with Gasteiger partial charge in [0.05, 0.1) is 30.9 Å². The van der Waals surface area contributed by atoms with Crippen molar-refractivity contribution >= 4 is 46.0 Å². The van der Waals surface area contributed by atoms with Gasteiger partial charge >= 0.3 is 0 Å². The van der Waals surface area contributed by atoms with Gasteiger partial charge in [-0.1, -0.05) is 23.2 Å². The molecule has 0 aromatic heterocycles. The van der Waals surface area contributed by atoms with Crippen LogP contribution in [-0.4, -0.2) is 21.8 Å². The monoisotopic (exact) mass is 414 g/mol. The number of halogens is 2. The average Bonchev–Trinajstić information content (AvgIpc) is 2.57. The van der Waals surface area contributed by atoms with Gasteiger partial charge < -0.3 is 5.32 Å². The van der Waals surface area contributed by atoms with Crippen molar-refractivity contribution in [1.82, 2.24) is 0 Å². The van der Waals surface area contributed by atoms with Gasteiger partial charge in [0.15, 0.2) is 0 Å². The average molecular weight is 415 g/mol. The molecule has 0 aliphatic rings. The minimum atomic E-state index is -0.734. The first-order chi connectivity index (χ1) is 12.6. The third kappa shape index (κ3) is 3.91. The van der Waals surface area contributed by atoms with E-state index in [-0.39, 0.29) is 44.5 Å². The van der Waals surface area contributed by atoms with Crippen LogP contribution >= 0.6 is 23.2 Å². The normalized spacial score (nSPS) is 10.5. The Bertz CT molecular complexity index is 956. The molecule has 10 nitrogen and oxygen atoms in total. The fraction of sp³-hybridized carbons (Fsp3) is 0.200. The zero-order valence-corrected chi connectivity index (χ0v) is 15.5. The minimum absolute atomic E-state index is 0.0349. The molecule has 2 rings (SSSR count). The number of benzene rings is 2. The molecule has 1 N–H and O–H groups in total. The van der Waals surface area contributed by atoms with Crippen LogP contribution in [0.4, 0.5) is 22.7 Å². The van der Waals surface area contributed by atoms with Crippen LogP contribution in [0.2, 0.25) is 10.0 Å². The summed E-state index contributed by atoms with van der Waals surface area (Å²) in [5, 5.41) is 36.2. The third-order valence-electron chi connectivity index (χ3n) is 4.00. The number of rotatable bonds is 6. The minimum Gasteiger partial charge on any atom is -0.382 e. The summed E-state index contributed by atoms with van der Waals surface area (Å²) in [6.07, 6.45) is -0.134. The summed E-state index contributed by atoms with van der Waals surface area (Å²) in [6.45, 7) is 1.49. The van der Waals surface area contributed by atoms with Crippen LogP contribution in [0.3, 0.4) is 0 Å². The lowest BCUT2D eigenvalue weighted by atomic mass is 9.96. The van der Waals surface area contributed by atoms with E-state index >= 15 is 0 Å². The number of anilines is 1. The molecule has 0 unspecified atom stereocenters. The van der Waals surface area contributed by atoms with Gasteiger partial charge in [-0.05, 0) is 18.1 Å². The molecule has 0 radical (unpaired) electrons. The van der Waals surface area contributed by atoms with Gasteiger partial charge in [-0.15, -0.1) is 0 Å². The summed E-state index contributed by atoms with van der Waals surface area (Å²) in [5.74, 6) is 0. The fourth-order valence-electron chi connectivity index (χ4n) is 2.71. The van der Waals surface area contributed by atoms with Crippen molar-refractivity contribution in [3.63, 3.8) is 0 Å². The molecular formula is C15H12Cl2N4O6. The Balaban J connectivity index is 2.71. The van der Waals surface area contributed by atoms with E-state index in [0.29, 0.717) is 0 Å². The predicted octanol–water partition coefficient (Wildman–Crippen LogP) is 4.66. The van der Waals surface area contributed by atoms with Crippen LogP contribution in [-0.2, 0) is 6.42 Å². The summed E-state index contributed by atoms with van der Waals surface area (Å²) in [4.78, 5) is 31.4. The number of nitrogens with zero attached hydrogens (tertiary/aromatic N) is 3. The number of non-ortho nitro benzene ring substituents is 1. The molecule has 0 heterocycles. The van der Waals surface area contributed by atoms with E-state index in [1.807, 2.05) is 0 Å². The Hall–Kier alpha value is -2.98. The van der Waals surface area contributed by atoms with E-state index in [0.717, 1.165) is 18.2 Å². The molecule has 0 aliphatic carbocycles. The first-order valence-corrected chi connectivity index (χ1v) is 8.09. The SMILES string of the molecule is CNc1c([N+](=O)[O-])cc([N+](=O)[O-])c(Cc2c(Cl)cc([N+](=O)[O-])cc2Cl)c1C. The van der Waals surface area contributed by atoms with Crippen LogP contribution in [0, 0.1) is 37.3 Å².